The predicted molar refractivity (Wildman–Crippen MR) is 84.6 cm³/mol. The third kappa shape index (κ3) is 2.55. The van der Waals surface area contributed by atoms with E-state index in [1.807, 2.05) is 6.07 Å². The fraction of sp³-hybridized carbons (Fsp3) is 0.176. The Morgan fingerprint density at radius 1 is 0.950 bits per heavy atom. The van der Waals surface area contributed by atoms with Crippen LogP contribution >= 0.6 is 11.3 Å². The van der Waals surface area contributed by atoms with Crippen molar-refractivity contribution in [1.82, 2.24) is 0 Å². The maximum atomic E-state index is 5.89. The van der Waals surface area contributed by atoms with Crippen molar-refractivity contribution in [3.63, 3.8) is 0 Å². The Morgan fingerprint density at radius 3 is 2.65 bits per heavy atom. The molecule has 0 aliphatic carbocycles. The highest BCUT2D eigenvalue weighted by Crippen LogP contribution is 2.39. The maximum absolute atomic E-state index is 5.89. The summed E-state index contributed by atoms with van der Waals surface area (Å²) in [5.74, 6) is 0.920. The number of fused-ring (bicyclic) bond motifs is 1. The summed E-state index contributed by atoms with van der Waals surface area (Å²) in [5, 5.41) is 4.55. The van der Waals surface area contributed by atoms with E-state index in [-0.39, 0.29) is 0 Å². The third-order valence-electron chi connectivity index (χ3n) is 3.20. The molecule has 0 atom stereocenters. The fourth-order valence-electron chi connectivity index (χ4n) is 2.28. The number of thiophene rings is 1. The van der Waals surface area contributed by atoms with E-state index in [0.717, 1.165) is 5.75 Å². The summed E-state index contributed by atoms with van der Waals surface area (Å²) >= 11 is 1.73. The van der Waals surface area contributed by atoms with Crippen molar-refractivity contribution < 1.29 is 9.47 Å². The second kappa shape index (κ2) is 6.07. The molecule has 3 aromatic rings. The highest BCUT2D eigenvalue weighted by molar-refractivity contribution is 7.13. The first-order valence-electron chi connectivity index (χ1n) is 6.57. The molecule has 3 heteroatoms. The van der Waals surface area contributed by atoms with Gasteiger partial charge in [-0.25, -0.2) is 0 Å². The van der Waals surface area contributed by atoms with Gasteiger partial charge in [-0.1, -0.05) is 36.4 Å². The summed E-state index contributed by atoms with van der Waals surface area (Å²) in [7, 11) is 1.68. The molecular weight excluding hydrogens is 268 g/mol. The van der Waals surface area contributed by atoms with Crippen LogP contribution in [0, 0.1) is 0 Å². The molecule has 0 spiro atoms. The lowest BCUT2D eigenvalue weighted by Gasteiger charge is -2.13. The molecule has 0 saturated carbocycles. The molecule has 0 aliphatic rings. The number of ether oxygens (including phenoxy) is 2. The Hall–Kier alpha value is -1.84. The molecule has 0 amide bonds. The zero-order chi connectivity index (χ0) is 13.8. The molecule has 0 saturated heterocycles. The number of hydrogen-bond donors (Lipinski definition) is 0. The van der Waals surface area contributed by atoms with Crippen LogP contribution in [0.4, 0.5) is 0 Å². The molecule has 0 N–H and O–H groups in total. The zero-order valence-corrected chi connectivity index (χ0v) is 12.2. The SMILES string of the molecule is COCCOc1ccc2ccccc2c1-c1cccs1. The van der Waals surface area contributed by atoms with E-state index in [2.05, 4.69) is 47.8 Å². The van der Waals surface area contributed by atoms with Gasteiger partial charge in [-0.3, -0.25) is 0 Å². The number of methoxy groups -OCH3 is 1. The van der Waals surface area contributed by atoms with Crippen LogP contribution < -0.4 is 4.74 Å². The van der Waals surface area contributed by atoms with Crippen LogP contribution in [-0.2, 0) is 4.74 Å². The lowest BCUT2D eigenvalue weighted by Crippen LogP contribution is -2.05. The van der Waals surface area contributed by atoms with Gasteiger partial charge in [-0.05, 0) is 28.3 Å². The minimum Gasteiger partial charge on any atom is -0.490 e. The van der Waals surface area contributed by atoms with Crippen molar-refractivity contribution in [3.8, 4) is 16.2 Å². The van der Waals surface area contributed by atoms with E-state index in [0.29, 0.717) is 13.2 Å². The Balaban J connectivity index is 2.11. The standard InChI is InChI=1S/C17H16O2S/c1-18-10-11-19-15-9-8-13-5-2-3-6-14(13)17(15)16-7-4-12-20-16/h2-9,12H,10-11H2,1H3. The number of benzene rings is 2. The summed E-state index contributed by atoms with van der Waals surface area (Å²) in [6, 6.07) is 16.8. The molecule has 1 aromatic heterocycles. The maximum Gasteiger partial charge on any atom is 0.128 e. The lowest BCUT2D eigenvalue weighted by atomic mass is 10.0. The topological polar surface area (TPSA) is 18.5 Å². The zero-order valence-electron chi connectivity index (χ0n) is 11.3. The first-order valence-corrected chi connectivity index (χ1v) is 7.45. The first kappa shape index (κ1) is 13.2. The van der Waals surface area contributed by atoms with Crippen LogP contribution in [0.2, 0.25) is 0 Å². The van der Waals surface area contributed by atoms with E-state index in [1.54, 1.807) is 18.4 Å². The van der Waals surface area contributed by atoms with Crippen LogP contribution in [0.3, 0.4) is 0 Å². The highest BCUT2D eigenvalue weighted by atomic mass is 32.1. The summed E-state index contributed by atoms with van der Waals surface area (Å²) in [5.41, 5.74) is 1.18. The van der Waals surface area contributed by atoms with Crippen molar-refractivity contribution in [2.45, 2.75) is 0 Å². The van der Waals surface area contributed by atoms with Crippen molar-refractivity contribution in [2.24, 2.45) is 0 Å². The van der Waals surface area contributed by atoms with Gasteiger partial charge in [0.25, 0.3) is 0 Å². The second-order valence-electron chi connectivity index (χ2n) is 4.48. The van der Waals surface area contributed by atoms with Gasteiger partial charge < -0.3 is 9.47 Å². The first-order chi connectivity index (χ1) is 9.90. The highest BCUT2D eigenvalue weighted by Gasteiger charge is 2.11. The van der Waals surface area contributed by atoms with Gasteiger partial charge in [0, 0.05) is 17.6 Å². The van der Waals surface area contributed by atoms with Gasteiger partial charge >= 0.3 is 0 Å². The summed E-state index contributed by atoms with van der Waals surface area (Å²) < 4.78 is 11.0. The number of hydrogen-bond acceptors (Lipinski definition) is 3. The molecule has 0 radical (unpaired) electrons. The largest absolute Gasteiger partial charge is 0.490 e. The summed E-state index contributed by atoms with van der Waals surface area (Å²) in [4.78, 5) is 1.23. The van der Waals surface area contributed by atoms with Crippen LogP contribution in [0.5, 0.6) is 5.75 Å². The van der Waals surface area contributed by atoms with Gasteiger partial charge in [0.05, 0.1) is 6.61 Å². The van der Waals surface area contributed by atoms with Crippen LogP contribution in [0.15, 0.2) is 53.9 Å². The second-order valence-corrected chi connectivity index (χ2v) is 5.43. The molecule has 2 nitrogen and oxygen atoms in total. The van der Waals surface area contributed by atoms with Crippen molar-refractivity contribution in [3.05, 3.63) is 53.9 Å². The van der Waals surface area contributed by atoms with Crippen molar-refractivity contribution >= 4 is 22.1 Å². The predicted octanol–water partition coefficient (Wildman–Crippen LogP) is 4.59. The smallest absolute Gasteiger partial charge is 0.128 e. The molecule has 3 rings (SSSR count). The van der Waals surface area contributed by atoms with E-state index >= 15 is 0 Å². The summed E-state index contributed by atoms with van der Waals surface area (Å²) in [6.07, 6.45) is 0. The molecule has 102 valence electrons. The van der Waals surface area contributed by atoms with E-state index in [9.17, 15) is 0 Å². The average Bonchev–Trinajstić information content (AvgIpc) is 3.01. The monoisotopic (exact) mass is 284 g/mol. The quantitative estimate of drug-likeness (QED) is 0.638. The van der Waals surface area contributed by atoms with E-state index in [4.69, 9.17) is 9.47 Å². The molecule has 20 heavy (non-hydrogen) atoms. The van der Waals surface area contributed by atoms with Gasteiger partial charge in [0.1, 0.15) is 12.4 Å². The lowest BCUT2D eigenvalue weighted by molar-refractivity contribution is 0.146. The molecule has 0 unspecified atom stereocenters. The Labute approximate surface area is 122 Å². The average molecular weight is 284 g/mol. The van der Waals surface area contributed by atoms with E-state index in [1.165, 1.54) is 21.2 Å². The molecule has 2 aromatic carbocycles. The summed E-state index contributed by atoms with van der Waals surface area (Å²) in [6.45, 7) is 1.16. The normalized spacial score (nSPS) is 10.8. The van der Waals surface area contributed by atoms with E-state index < -0.39 is 0 Å². The van der Waals surface area contributed by atoms with Gasteiger partial charge in [-0.2, -0.15) is 0 Å². The van der Waals surface area contributed by atoms with Crippen LogP contribution in [-0.4, -0.2) is 20.3 Å². The van der Waals surface area contributed by atoms with Gasteiger partial charge in [-0.15, -0.1) is 11.3 Å². The molecule has 1 heterocycles. The Morgan fingerprint density at radius 2 is 1.85 bits per heavy atom. The minimum absolute atomic E-state index is 0.563. The molecule has 0 fully saturated rings. The Bertz CT molecular complexity index is 689. The third-order valence-corrected chi connectivity index (χ3v) is 4.09. The molecule has 0 bridgehead atoms. The molecular formula is C17H16O2S. The van der Waals surface area contributed by atoms with Crippen molar-refractivity contribution in [1.29, 1.82) is 0 Å². The minimum atomic E-state index is 0.563. The van der Waals surface area contributed by atoms with Crippen LogP contribution in [0.1, 0.15) is 0 Å². The fourth-order valence-corrected chi connectivity index (χ4v) is 3.07. The number of rotatable bonds is 5. The van der Waals surface area contributed by atoms with Crippen molar-refractivity contribution in [2.75, 3.05) is 20.3 Å². The van der Waals surface area contributed by atoms with Gasteiger partial charge in [0.2, 0.25) is 0 Å². The van der Waals surface area contributed by atoms with Gasteiger partial charge in [0.15, 0.2) is 0 Å². The Kier molecular flexibility index (Phi) is 4.00. The molecule has 0 aliphatic heterocycles. The van der Waals surface area contributed by atoms with Crippen LogP contribution in [0.25, 0.3) is 21.2 Å².